The van der Waals surface area contributed by atoms with Crippen LogP contribution in [0.4, 0.5) is 18.9 Å². The van der Waals surface area contributed by atoms with E-state index in [1.165, 1.54) is 25.2 Å². The fourth-order valence-corrected chi connectivity index (χ4v) is 2.74. The molecule has 3 aromatic rings. The highest BCUT2D eigenvalue weighted by Crippen LogP contribution is 2.29. The molecule has 0 spiro atoms. The van der Waals surface area contributed by atoms with Crippen LogP contribution < -0.4 is 5.32 Å². The Morgan fingerprint density at radius 2 is 1.75 bits per heavy atom. The number of benzene rings is 2. The number of carbonyl (C=O) groups is 2. The summed E-state index contributed by atoms with van der Waals surface area (Å²) in [7, 11) is 1.22. The second kappa shape index (κ2) is 7.47. The molecule has 0 aliphatic carbocycles. The number of aryl methyl sites for hydroxylation is 1. The van der Waals surface area contributed by atoms with Gasteiger partial charge in [-0.2, -0.15) is 18.3 Å². The van der Waals surface area contributed by atoms with Crippen molar-refractivity contribution in [2.75, 3.05) is 5.32 Å². The number of aromatic nitrogens is 2. The van der Waals surface area contributed by atoms with Gasteiger partial charge < -0.3 is 5.32 Å². The molecule has 0 aliphatic heterocycles. The van der Waals surface area contributed by atoms with Crippen molar-refractivity contribution in [2.45, 2.75) is 6.18 Å². The van der Waals surface area contributed by atoms with E-state index in [0.717, 1.165) is 4.68 Å². The Morgan fingerprint density at radius 1 is 1.07 bits per heavy atom. The molecule has 1 aromatic heterocycles. The first kappa shape index (κ1) is 19.6. The van der Waals surface area contributed by atoms with Crippen LogP contribution in [0, 0.1) is 0 Å². The minimum Gasteiger partial charge on any atom is -0.320 e. The summed E-state index contributed by atoms with van der Waals surface area (Å²) in [6, 6.07) is 13.2. The molecule has 1 heterocycles. The largest absolute Gasteiger partial charge is 0.435 e. The molecule has 2 aromatic carbocycles. The van der Waals surface area contributed by atoms with Gasteiger partial charge in [-0.1, -0.05) is 41.9 Å². The zero-order chi connectivity index (χ0) is 20.5. The Bertz CT molecular complexity index is 1050. The summed E-state index contributed by atoms with van der Waals surface area (Å²) in [6.45, 7) is 0. The third-order valence-corrected chi connectivity index (χ3v) is 4.15. The monoisotopic (exact) mass is 407 g/mol. The Balaban J connectivity index is 1.94. The molecule has 0 unspecified atom stereocenters. The van der Waals surface area contributed by atoms with Crippen LogP contribution in [0.3, 0.4) is 0 Å². The summed E-state index contributed by atoms with van der Waals surface area (Å²) in [5, 5.41) is 6.05. The summed E-state index contributed by atoms with van der Waals surface area (Å²) in [5.41, 5.74) is -0.874. The molecule has 1 amide bonds. The van der Waals surface area contributed by atoms with Crippen LogP contribution in [0.5, 0.6) is 0 Å². The van der Waals surface area contributed by atoms with Crippen molar-refractivity contribution in [1.29, 1.82) is 0 Å². The fourth-order valence-electron chi connectivity index (χ4n) is 2.56. The van der Waals surface area contributed by atoms with Crippen molar-refractivity contribution < 1.29 is 22.8 Å². The van der Waals surface area contributed by atoms with E-state index < -0.39 is 17.8 Å². The lowest BCUT2D eigenvalue weighted by molar-refractivity contribution is -0.141. The van der Waals surface area contributed by atoms with Crippen molar-refractivity contribution in [3.63, 3.8) is 0 Å². The molecule has 1 N–H and O–H groups in total. The maximum Gasteiger partial charge on any atom is 0.435 e. The Labute approximate surface area is 162 Å². The van der Waals surface area contributed by atoms with Crippen LogP contribution >= 0.6 is 11.6 Å². The Hall–Kier alpha value is -3.13. The van der Waals surface area contributed by atoms with Crippen molar-refractivity contribution >= 4 is 29.0 Å². The first-order valence-corrected chi connectivity index (χ1v) is 8.36. The molecule has 0 atom stereocenters. The lowest BCUT2D eigenvalue weighted by Crippen LogP contribution is -2.18. The van der Waals surface area contributed by atoms with Crippen molar-refractivity contribution in [2.24, 2.45) is 7.05 Å². The molecular formula is C19H13ClF3N3O2. The van der Waals surface area contributed by atoms with E-state index in [1.807, 2.05) is 0 Å². The van der Waals surface area contributed by atoms with E-state index in [2.05, 4.69) is 10.4 Å². The van der Waals surface area contributed by atoms with Gasteiger partial charge in [0.2, 0.25) is 0 Å². The number of hydrogen-bond donors (Lipinski definition) is 1. The molecule has 9 heteroatoms. The van der Waals surface area contributed by atoms with Gasteiger partial charge in [-0.15, -0.1) is 0 Å². The van der Waals surface area contributed by atoms with Gasteiger partial charge in [0.05, 0.1) is 5.69 Å². The number of nitrogens with zero attached hydrogens (tertiary/aromatic N) is 2. The fraction of sp³-hybridized carbons (Fsp3) is 0.105. The molecule has 0 radical (unpaired) electrons. The van der Waals surface area contributed by atoms with Gasteiger partial charge in [0, 0.05) is 29.3 Å². The number of hydrogen-bond acceptors (Lipinski definition) is 3. The highest BCUT2D eigenvalue weighted by molar-refractivity contribution is 6.31. The third kappa shape index (κ3) is 4.07. The van der Waals surface area contributed by atoms with Crippen molar-refractivity contribution in [1.82, 2.24) is 9.78 Å². The lowest BCUT2D eigenvalue weighted by Gasteiger charge is -2.11. The van der Waals surface area contributed by atoms with Gasteiger partial charge in [-0.25, -0.2) is 0 Å². The number of ketones is 1. The Kier molecular flexibility index (Phi) is 5.24. The lowest BCUT2D eigenvalue weighted by atomic mass is 10.0. The summed E-state index contributed by atoms with van der Waals surface area (Å²) < 4.78 is 39.2. The average Bonchev–Trinajstić information content (AvgIpc) is 3.05. The molecule has 0 saturated heterocycles. The minimum atomic E-state index is -4.68. The number of nitrogens with one attached hydrogen (secondary N) is 1. The number of halogens is 4. The van der Waals surface area contributed by atoms with Crippen LogP contribution in [0.2, 0.25) is 5.02 Å². The van der Waals surface area contributed by atoms with Crippen molar-refractivity contribution in [3.05, 3.63) is 82.1 Å². The molecule has 28 heavy (non-hydrogen) atoms. The summed E-state index contributed by atoms with van der Waals surface area (Å²) in [6.07, 6.45) is -4.68. The van der Waals surface area contributed by atoms with Crippen LogP contribution in [-0.4, -0.2) is 21.5 Å². The van der Waals surface area contributed by atoms with Crippen LogP contribution in [0.15, 0.2) is 54.6 Å². The van der Waals surface area contributed by atoms with E-state index in [4.69, 9.17) is 11.6 Å². The first-order valence-electron chi connectivity index (χ1n) is 7.98. The number of rotatable bonds is 4. The SMILES string of the molecule is Cn1nc(C(F)(F)F)cc1C(=O)Nc1ccc(Cl)cc1C(=O)c1ccccc1. The van der Waals surface area contributed by atoms with Gasteiger partial charge in [0.25, 0.3) is 5.91 Å². The standard InChI is InChI=1S/C19H13ClF3N3O2/c1-26-15(10-16(25-26)19(21,22)23)18(28)24-14-8-7-12(20)9-13(14)17(27)11-5-3-2-4-6-11/h2-10H,1H3,(H,24,28). The van der Waals surface area contributed by atoms with Crippen molar-refractivity contribution in [3.8, 4) is 0 Å². The van der Waals surface area contributed by atoms with E-state index in [1.54, 1.807) is 30.3 Å². The second-order valence-electron chi connectivity index (χ2n) is 5.88. The van der Waals surface area contributed by atoms with Gasteiger partial charge in [0.1, 0.15) is 5.69 Å². The molecule has 0 aliphatic rings. The van der Waals surface area contributed by atoms with Gasteiger partial charge in [-0.3, -0.25) is 14.3 Å². The maximum absolute atomic E-state index is 12.8. The molecule has 3 rings (SSSR count). The smallest absolute Gasteiger partial charge is 0.320 e. The summed E-state index contributed by atoms with van der Waals surface area (Å²) >= 11 is 5.98. The van der Waals surface area contributed by atoms with Gasteiger partial charge >= 0.3 is 6.18 Å². The number of carbonyl (C=O) groups excluding carboxylic acids is 2. The molecule has 0 fully saturated rings. The van der Waals surface area contributed by atoms with Crippen LogP contribution in [-0.2, 0) is 13.2 Å². The number of alkyl halides is 3. The van der Waals surface area contributed by atoms with E-state index in [-0.39, 0.29) is 27.8 Å². The average molecular weight is 408 g/mol. The van der Waals surface area contributed by atoms with Gasteiger partial charge in [0.15, 0.2) is 11.5 Å². The highest BCUT2D eigenvalue weighted by Gasteiger charge is 2.35. The predicted molar refractivity (Wildman–Crippen MR) is 97.5 cm³/mol. The molecule has 0 saturated carbocycles. The molecule has 0 bridgehead atoms. The molecular weight excluding hydrogens is 395 g/mol. The van der Waals surface area contributed by atoms with E-state index in [0.29, 0.717) is 11.6 Å². The number of amides is 1. The highest BCUT2D eigenvalue weighted by atomic mass is 35.5. The maximum atomic E-state index is 12.8. The molecule has 144 valence electrons. The van der Waals surface area contributed by atoms with Crippen LogP contribution in [0.25, 0.3) is 0 Å². The van der Waals surface area contributed by atoms with E-state index >= 15 is 0 Å². The predicted octanol–water partition coefficient (Wildman–Crippen LogP) is 4.58. The Morgan fingerprint density at radius 3 is 2.36 bits per heavy atom. The normalized spacial score (nSPS) is 11.3. The number of anilines is 1. The summed E-state index contributed by atoms with van der Waals surface area (Å²) in [5.74, 6) is -1.23. The third-order valence-electron chi connectivity index (χ3n) is 3.91. The van der Waals surface area contributed by atoms with Crippen LogP contribution in [0.1, 0.15) is 32.1 Å². The first-order chi connectivity index (χ1) is 13.2. The topological polar surface area (TPSA) is 64.0 Å². The summed E-state index contributed by atoms with van der Waals surface area (Å²) in [4.78, 5) is 25.3. The van der Waals surface area contributed by atoms with Gasteiger partial charge in [-0.05, 0) is 18.2 Å². The minimum absolute atomic E-state index is 0.116. The second-order valence-corrected chi connectivity index (χ2v) is 6.31. The van der Waals surface area contributed by atoms with E-state index in [9.17, 15) is 22.8 Å². The zero-order valence-corrected chi connectivity index (χ0v) is 15.2. The molecule has 5 nitrogen and oxygen atoms in total. The quantitative estimate of drug-likeness (QED) is 0.644. The zero-order valence-electron chi connectivity index (χ0n) is 14.4.